The third kappa shape index (κ3) is 1.44. The lowest BCUT2D eigenvalue weighted by atomic mass is 10.0. The van der Waals surface area contributed by atoms with Crippen molar-refractivity contribution < 1.29 is 9.53 Å². The molecule has 0 amide bonds. The van der Waals surface area contributed by atoms with Crippen LogP contribution >= 0.6 is 34.8 Å². The Kier molecular flexibility index (Phi) is 2.57. The zero-order valence-electron chi connectivity index (χ0n) is 5.81. The van der Waals surface area contributed by atoms with Crippen LogP contribution in [0.4, 0.5) is 0 Å². The zero-order valence-corrected chi connectivity index (χ0v) is 8.08. The number of esters is 1. The van der Waals surface area contributed by atoms with E-state index in [1.807, 2.05) is 0 Å². The second-order valence-corrected chi connectivity index (χ2v) is 4.19. The number of hydrogen-bond acceptors (Lipinski definition) is 2. The van der Waals surface area contributed by atoms with E-state index in [-0.39, 0.29) is 17.9 Å². The predicted molar refractivity (Wildman–Crippen MR) is 44.2 cm³/mol. The number of cyclic esters (lactones) is 1. The number of halogens is 3. The Balaban J connectivity index is 2.84. The molecule has 0 unspecified atom stereocenters. The van der Waals surface area contributed by atoms with Crippen LogP contribution in [0.25, 0.3) is 0 Å². The maximum absolute atomic E-state index is 10.9. The number of carbonyl (C=O) groups is 1. The van der Waals surface area contributed by atoms with E-state index in [1.54, 1.807) is 6.92 Å². The fraction of sp³-hybridized carbons (Fsp3) is 0.833. The minimum atomic E-state index is -1.46. The molecule has 0 spiro atoms. The van der Waals surface area contributed by atoms with E-state index in [0.717, 1.165) is 0 Å². The van der Waals surface area contributed by atoms with Crippen molar-refractivity contribution in [2.75, 3.05) is 5.88 Å². The highest BCUT2D eigenvalue weighted by atomic mass is 35.5. The van der Waals surface area contributed by atoms with Crippen molar-refractivity contribution in [3.05, 3.63) is 0 Å². The number of carbonyl (C=O) groups excluding carboxylic acids is 1. The second-order valence-electron chi connectivity index (χ2n) is 2.49. The molecule has 1 rings (SSSR count). The number of alkyl halides is 3. The van der Waals surface area contributed by atoms with E-state index in [4.69, 9.17) is 39.5 Å². The number of rotatable bonds is 1. The largest absolute Gasteiger partial charge is 0.460 e. The Labute approximate surface area is 79.7 Å². The highest BCUT2D eigenvalue weighted by molar-refractivity contribution is 6.58. The van der Waals surface area contributed by atoms with E-state index in [0.29, 0.717) is 0 Å². The van der Waals surface area contributed by atoms with Crippen molar-refractivity contribution in [2.45, 2.75) is 17.4 Å². The lowest BCUT2D eigenvalue weighted by Gasteiger charge is -2.15. The lowest BCUT2D eigenvalue weighted by Crippen LogP contribution is -2.30. The van der Waals surface area contributed by atoms with Gasteiger partial charge in [-0.1, -0.05) is 23.2 Å². The molecule has 2 atom stereocenters. The summed E-state index contributed by atoms with van der Waals surface area (Å²) in [4.78, 5) is 10.9. The molecule has 1 saturated heterocycles. The molecule has 1 aliphatic heterocycles. The van der Waals surface area contributed by atoms with Crippen LogP contribution in [-0.2, 0) is 9.53 Å². The van der Waals surface area contributed by atoms with Crippen molar-refractivity contribution in [1.29, 1.82) is 0 Å². The average molecular weight is 217 g/mol. The monoisotopic (exact) mass is 216 g/mol. The molecule has 5 heteroatoms. The lowest BCUT2D eigenvalue weighted by molar-refractivity contribution is -0.141. The Morgan fingerprint density at radius 1 is 1.64 bits per heavy atom. The summed E-state index contributed by atoms with van der Waals surface area (Å²) in [6.45, 7) is 1.72. The molecule has 64 valence electrons. The minimum absolute atomic E-state index is 0.222. The van der Waals surface area contributed by atoms with Crippen LogP contribution in [0.15, 0.2) is 0 Å². The van der Waals surface area contributed by atoms with E-state index in [1.165, 1.54) is 0 Å². The molecule has 0 aromatic carbocycles. The number of ether oxygens (including phenoxy) is 1. The molecule has 0 bridgehead atoms. The summed E-state index contributed by atoms with van der Waals surface area (Å²) in [5.74, 6) is -0.695. The summed E-state index contributed by atoms with van der Waals surface area (Å²) >= 11 is 16.9. The van der Waals surface area contributed by atoms with Gasteiger partial charge in [-0.15, -0.1) is 11.6 Å². The van der Waals surface area contributed by atoms with Crippen LogP contribution in [0.2, 0.25) is 0 Å². The molecule has 1 aliphatic rings. The topological polar surface area (TPSA) is 26.3 Å². The first kappa shape index (κ1) is 9.43. The van der Waals surface area contributed by atoms with Gasteiger partial charge >= 0.3 is 5.97 Å². The smallest absolute Gasteiger partial charge is 0.343 e. The van der Waals surface area contributed by atoms with Crippen LogP contribution in [-0.4, -0.2) is 22.3 Å². The van der Waals surface area contributed by atoms with Gasteiger partial charge in [0.2, 0.25) is 4.33 Å². The third-order valence-corrected chi connectivity index (χ3v) is 2.97. The summed E-state index contributed by atoms with van der Waals surface area (Å²) in [5.41, 5.74) is 0. The Morgan fingerprint density at radius 3 is 2.36 bits per heavy atom. The quantitative estimate of drug-likeness (QED) is 0.496. The molecular weight excluding hydrogens is 210 g/mol. The molecule has 0 N–H and O–H groups in total. The molecule has 0 saturated carbocycles. The Bertz CT molecular complexity index is 181. The molecule has 0 aromatic heterocycles. The molecule has 1 fully saturated rings. The normalized spacial score (nSPS) is 35.5. The van der Waals surface area contributed by atoms with Gasteiger partial charge in [0.25, 0.3) is 0 Å². The van der Waals surface area contributed by atoms with Gasteiger partial charge < -0.3 is 4.74 Å². The second kappa shape index (κ2) is 3.00. The van der Waals surface area contributed by atoms with E-state index >= 15 is 0 Å². The van der Waals surface area contributed by atoms with Crippen molar-refractivity contribution in [1.82, 2.24) is 0 Å². The van der Waals surface area contributed by atoms with Crippen LogP contribution in [0.5, 0.6) is 0 Å². The maximum Gasteiger partial charge on any atom is 0.343 e. The van der Waals surface area contributed by atoms with Gasteiger partial charge in [-0.25, -0.2) is 4.79 Å². The van der Waals surface area contributed by atoms with Crippen molar-refractivity contribution in [2.24, 2.45) is 5.92 Å². The van der Waals surface area contributed by atoms with E-state index < -0.39 is 10.3 Å². The maximum atomic E-state index is 10.9. The van der Waals surface area contributed by atoms with Gasteiger partial charge in [0.1, 0.15) is 6.10 Å². The first-order valence-electron chi connectivity index (χ1n) is 3.15. The van der Waals surface area contributed by atoms with Gasteiger partial charge in [0.15, 0.2) is 0 Å². The van der Waals surface area contributed by atoms with Crippen LogP contribution in [0.1, 0.15) is 6.92 Å². The standard InChI is InChI=1S/C6H7Cl3O2/c1-3-4(2-7)6(8,9)5(10)11-3/h3-4H,2H2,1H3/t3-,4-/m1/s1. The Hall–Kier alpha value is 0.340. The summed E-state index contributed by atoms with van der Waals surface area (Å²) in [6.07, 6.45) is -0.296. The van der Waals surface area contributed by atoms with Gasteiger partial charge in [0, 0.05) is 5.88 Å². The predicted octanol–water partition coefficient (Wildman–Crippen LogP) is 1.96. The first-order chi connectivity index (χ1) is 5.00. The Morgan fingerprint density at radius 2 is 2.18 bits per heavy atom. The van der Waals surface area contributed by atoms with Gasteiger partial charge in [-0.05, 0) is 6.92 Å². The summed E-state index contributed by atoms with van der Waals surface area (Å²) < 4.78 is 3.34. The van der Waals surface area contributed by atoms with Gasteiger partial charge in [-0.2, -0.15) is 0 Å². The third-order valence-electron chi connectivity index (χ3n) is 1.76. The molecule has 11 heavy (non-hydrogen) atoms. The van der Waals surface area contributed by atoms with Crippen molar-refractivity contribution in [3.8, 4) is 0 Å². The molecule has 1 heterocycles. The molecule has 2 nitrogen and oxygen atoms in total. The van der Waals surface area contributed by atoms with Crippen molar-refractivity contribution in [3.63, 3.8) is 0 Å². The van der Waals surface area contributed by atoms with Gasteiger partial charge in [-0.3, -0.25) is 0 Å². The zero-order chi connectivity index (χ0) is 8.65. The van der Waals surface area contributed by atoms with Gasteiger partial charge in [0.05, 0.1) is 5.92 Å². The molecule has 0 aliphatic carbocycles. The fourth-order valence-electron chi connectivity index (χ4n) is 0.998. The summed E-state index contributed by atoms with van der Waals surface area (Å²) in [5, 5.41) is 0. The van der Waals surface area contributed by atoms with Crippen molar-refractivity contribution >= 4 is 40.8 Å². The van der Waals surface area contributed by atoms with Crippen LogP contribution in [0, 0.1) is 5.92 Å². The molecular formula is C6H7Cl3O2. The SMILES string of the molecule is C[C@H]1OC(=O)C(Cl)(Cl)[C@@H]1CCl. The minimum Gasteiger partial charge on any atom is -0.460 e. The molecule has 0 radical (unpaired) electrons. The van der Waals surface area contributed by atoms with Crippen LogP contribution < -0.4 is 0 Å². The fourth-order valence-corrected chi connectivity index (χ4v) is 2.24. The van der Waals surface area contributed by atoms with Crippen LogP contribution in [0.3, 0.4) is 0 Å². The first-order valence-corrected chi connectivity index (χ1v) is 4.44. The number of hydrogen-bond donors (Lipinski definition) is 0. The van der Waals surface area contributed by atoms with E-state index in [2.05, 4.69) is 0 Å². The van der Waals surface area contributed by atoms with E-state index in [9.17, 15) is 4.79 Å². The summed E-state index contributed by atoms with van der Waals surface area (Å²) in [7, 11) is 0. The highest BCUT2D eigenvalue weighted by Gasteiger charge is 2.53. The average Bonchev–Trinajstić information content (AvgIpc) is 2.04. The summed E-state index contributed by atoms with van der Waals surface area (Å²) in [6, 6.07) is 0. The highest BCUT2D eigenvalue weighted by Crippen LogP contribution is 2.41. The molecule has 0 aromatic rings.